The van der Waals surface area contributed by atoms with Gasteiger partial charge in [0.2, 0.25) is 5.91 Å². The SMILES string of the molecule is Cc1noc(-c2ccc(=O)n(CC(=O)Nc3ccccc3F)c2)n1. The number of benzene rings is 1. The summed E-state index contributed by atoms with van der Waals surface area (Å²) in [5.41, 5.74) is 0.187. The molecule has 122 valence electrons. The maximum absolute atomic E-state index is 13.5. The van der Waals surface area contributed by atoms with Gasteiger partial charge in [0.05, 0.1) is 11.3 Å². The molecule has 0 aliphatic heterocycles. The van der Waals surface area contributed by atoms with Gasteiger partial charge in [0.25, 0.3) is 11.4 Å². The van der Waals surface area contributed by atoms with E-state index in [1.807, 2.05) is 0 Å². The maximum Gasteiger partial charge on any atom is 0.259 e. The molecule has 1 amide bonds. The Morgan fingerprint density at radius 1 is 1.29 bits per heavy atom. The second-order valence-corrected chi connectivity index (χ2v) is 5.06. The molecule has 7 nitrogen and oxygen atoms in total. The maximum atomic E-state index is 13.5. The zero-order chi connectivity index (χ0) is 17.1. The molecule has 8 heteroatoms. The molecule has 24 heavy (non-hydrogen) atoms. The largest absolute Gasteiger partial charge is 0.334 e. The number of pyridine rings is 1. The van der Waals surface area contributed by atoms with E-state index in [4.69, 9.17) is 4.52 Å². The van der Waals surface area contributed by atoms with E-state index in [2.05, 4.69) is 15.5 Å². The van der Waals surface area contributed by atoms with Gasteiger partial charge < -0.3 is 14.4 Å². The number of aromatic nitrogens is 3. The number of halogens is 1. The number of para-hydroxylation sites is 1. The van der Waals surface area contributed by atoms with Crippen molar-refractivity contribution in [3.05, 3.63) is 64.6 Å². The van der Waals surface area contributed by atoms with E-state index < -0.39 is 11.7 Å². The Balaban J connectivity index is 1.80. The number of carbonyl (C=O) groups is 1. The Bertz CT molecular complexity index is 948. The van der Waals surface area contributed by atoms with E-state index >= 15 is 0 Å². The van der Waals surface area contributed by atoms with Gasteiger partial charge in [0.15, 0.2) is 5.82 Å². The van der Waals surface area contributed by atoms with Crippen LogP contribution in [-0.2, 0) is 11.3 Å². The summed E-state index contributed by atoms with van der Waals surface area (Å²) in [7, 11) is 0. The molecule has 1 aromatic carbocycles. The second kappa shape index (κ2) is 6.45. The fourth-order valence-electron chi connectivity index (χ4n) is 2.10. The molecule has 0 aliphatic rings. The minimum Gasteiger partial charge on any atom is -0.334 e. The zero-order valence-corrected chi connectivity index (χ0v) is 12.7. The summed E-state index contributed by atoms with van der Waals surface area (Å²) < 4.78 is 19.8. The van der Waals surface area contributed by atoms with Crippen LogP contribution in [0.25, 0.3) is 11.5 Å². The number of carbonyl (C=O) groups excluding carboxylic acids is 1. The fraction of sp³-hybridized carbons (Fsp3) is 0.125. The summed E-state index contributed by atoms with van der Waals surface area (Å²) in [6.45, 7) is 1.40. The molecule has 0 aliphatic carbocycles. The van der Waals surface area contributed by atoms with Crippen molar-refractivity contribution in [2.45, 2.75) is 13.5 Å². The van der Waals surface area contributed by atoms with Crippen molar-refractivity contribution in [1.82, 2.24) is 14.7 Å². The predicted octanol–water partition coefficient (Wildman–Crippen LogP) is 1.98. The Kier molecular flexibility index (Phi) is 4.19. The van der Waals surface area contributed by atoms with E-state index in [9.17, 15) is 14.0 Å². The van der Waals surface area contributed by atoms with Gasteiger partial charge in [-0.3, -0.25) is 9.59 Å². The lowest BCUT2D eigenvalue weighted by Crippen LogP contribution is -2.27. The van der Waals surface area contributed by atoms with E-state index in [0.717, 1.165) is 0 Å². The minimum absolute atomic E-state index is 0.0548. The van der Waals surface area contributed by atoms with E-state index in [1.54, 1.807) is 13.0 Å². The third-order valence-corrected chi connectivity index (χ3v) is 3.22. The van der Waals surface area contributed by atoms with E-state index in [1.165, 1.54) is 41.1 Å². The third-order valence-electron chi connectivity index (χ3n) is 3.22. The van der Waals surface area contributed by atoms with Crippen LogP contribution in [0.4, 0.5) is 10.1 Å². The number of aryl methyl sites for hydroxylation is 1. The van der Waals surface area contributed by atoms with Crippen molar-refractivity contribution in [3.63, 3.8) is 0 Å². The number of amides is 1. The molecule has 0 radical (unpaired) electrons. The number of nitrogens with one attached hydrogen (secondary N) is 1. The summed E-state index contributed by atoms with van der Waals surface area (Å²) in [5, 5.41) is 6.10. The Hall–Kier alpha value is -3.29. The molecule has 0 unspecified atom stereocenters. The highest BCUT2D eigenvalue weighted by Crippen LogP contribution is 2.15. The van der Waals surface area contributed by atoms with Crippen molar-refractivity contribution in [2.24, 2.45) is 0 Å². The van der Waals surface area contributed by atoms with Crippen LogP contribution in [0.3, 0.4) is 0 Å². The van der Waals surface area contributed by atoms with Crippen LogP contribution in [0, 0.1) is 12.7 Å². The van der Waals surface area contributed by atoms with Crippen molar-refractivity contribution in [3.8, 4) is 11.5 Å². The molecular formula is C16H13FN4O3. The summed E-state index contributed by atoms with van der Waals surface area (Å²) in [4.78, 5) is 28.0. The van der Waals surface area contributed by atoms with Crippen molar-refractivity contribution in [1.29, 1.82) is 0 Å². The van der Waals surface area contributed by atoms with Gasteiger partial charge in [-0.2, -0.15) is 4.98 Å². The number of hydrogen-bond donors (Lipinski definition) is 1. The van der Waals surface area contributed by atoms with Crippen LogP contribution in [0.15, 0.2) is 51.9 Å². The molecule has 2 heterocycles. The molecule has 3 aromatic rings. The minimum atomic E-state index is -0.548. The Labute approximate surface area is 135 Å². The lowest BCUT2D eigenvalue weighted by Gasteiger charge is -2.08. The summed E-state index contributed by atoms with van der Waals surface area (Å²) in [5.74, 6) is -0.370. The van der Waals surface area contributed by atoms with Gasteiger partial charge in [0, 0.05) is 12.3 Å². The number of nitrogens with zero attached hydrogens (tertiary/aromatic N) is 3. The molecule has 0 saturated carbocycles. The summed E-state index contributed by atoms with van der Waals surface area (Å²) in [6, 6.07) is 8.62. The molecule has 0 fully saturated rings. The third kappa shape index (κ3) is 3.37. The first kappa shape index (κ1) is 15.6. The van der Waals surface area contributed by atoms with Crippen molar-refractivity contribution >= 4 is 11.6 Å². The summed E-state index contributed by atoms with van der Waals surface area (Å²) >= 11 is 0. The van der Waals surface area contributed by atoms with Crippen LogP contribution >= 0.6 is 0 Å². The molecule has 0 atom stereocenters. The quantitative estimate of drug-likeness (QED) is 0.791. The average Bonchev–Trinajstić information content (AvgIpc) is 2.98. The smallest absolute Gasteiger partial charge is 0.259 e. The van der Waals surface area contributed by atoms with Crippen molar-refractivity contribution < 1.29 is 13.7 Å². The molecular weight excluding hydrogens is 315 g/mol. The van der Waals surface area contributed by atoms with Gasteiger partial charge in [-0.05, 0) is 25.1 Å². The van der Waals surface area contributed by atoms with Gasteiger partial charge in [-0.1, -0.05) is 17.3 Å². The van der Waals surface area contributed by atoms with Gasteiger partial charge in [-0.25, -0.2) is 4.39 Å². The molecule has 0 spiro atoms. The first-order chi connectivity index (χ1) is 11.5. The van der Waals surface area contributed by atoms with E-state index in [0.29, 0.717) is 11.4 Å². The molecule has 2 aromatic heterocycles. The molecule has 0 saturated heterocycles. The Morgan fingerprint density at radius 3 is 2.79 bits per heavy atom. The first-order valence-corrected chi connectivity index (χ1v) is 7.08. The van der Waals surface area contributed by atoms with Crippen LogP contribution in [0.1, 0.15) is 5.82 Å². The van der Waals surface area contributed by atoms with Crippen LogP contribution in [0.5, 0.6) is 0 Å². The fourth-order valence-corrected chi connectivity index (χ4v) is 2.10. The highest BCUT2D eigenvalue weighted by atomic mass is 19.1. The zero-order valence-electron chi connectivity index (χ0n) is 12.7. The summed E-state index contributed by atoms with van der Waals surface area (Å²) in [6.07, 6.45) is 1.44. The standard InChI is InChI=1S/C16H13FN4O3/c1-10-18-16(24-20-10)11-6-7-15(23)21(8-11)9-14(22)19-13-5-3-2-4-12(13)17/h2-8H,9H2,1H3,(H,19,22). The Morgan fingerprint density at radius 2 is 2.08 bits per heavy atom. The topological polar surface area (TPSA) is 90.0 Å². The molecule has 0 bridgehead atoms. The lowest BCUT2D eigenvalue weighted by atomic mass is 10.2. The second-order valence-electron chi connectivity index (χ2n) is 5.06. The molecule has 1 N–H and O–H groups in total. The van der Waals surface area contributed by atoms with Gasteiger partial charge >= 0.3 is 0 Å². The van der Waals surface area contributed by atoms with Crippen LogP contribution in [0.2, 0.25) is 0 Å². The van der Waals surface area contributed by atoms with Gasteiger partial charge in [0.1, 0.15) is 12.4 Å². The monoisotopic (exact) mass is 328 g/mol. The highest BCUT2D eigenvalue weighted by Gasteiger charge is 2.11. The predicted molar refractivity (Wildman–Crippen MR) is 83.8 cm³/mol. The average molecular weight is 328 g/mol. The van der Waals surface area contributed by atoms with Crippen LogP contribution < -0.4 is 10.9 Å². The van der Waals surface area contributed by atoms with Gasteiger partial charge in [-0.15, -0.1) is 0 Å². The molecule has 3 rings (SSSR count). The van der Waals surface area contributed by atoms with Crippen LogP contribution in [-0.4, -0.2) is 20.6 Å². The highest BCUT2D eigenvalue weighted by molar-refractivity contribution is 5.90. The normalized spacial score (nSPS) is 10.6. The lowest BCUT2D eigenvalue weighted by molar-refractivity contribution is -0.116. The van der Waals surface area contributed by atoms with Crippen molar-refractivity contribution in [2.75, 3.05) is 5.32 Å². The number of rotatable bonds is 4. The van der Waals surface area contributed by atoms with E-state index in [-0.39, 0.29) is 23.7 Å². The first-order valence-electron chi connectivity index (χ1n) is 7.08. The number of hydrogen-bond acceptors (Lipinski definition) is 5. The number of anilines is 1.